The molecule has 0 saturated carbocycles. The molecule has 0 radical (unpaired) electrons. The lowest BCUT2D eigenvalue weighted by atomic mass is 10.4. The van der Waals surface area contributed by atoms with Crippen molar-refractivity contribution in [3.05, 3.63) is 18.5 Å². The number of aromatic nitrogens is 1. The summed E-state index contributed by atoms with van der Waals surface area (Å²) in [6.45, 7) is 4.55. The van der Waals surface area contributed by atoms with Gasteiger partial charge in [-0.15, -0.1) is 0 Å². The third-order valence-electron chi connectivity index (χ3n) is 2.40. The number of rotatable bonds is 7. The summed E-state index contributed by atoms with van der Waals surface area (Å²) in [6, 6.07) is 1.64. The fourth-order valence-electron chi connectivity index (χ4n) is 1.32. The maximum absolute atomic E-state index is 12.1. The van der Waals surface area contributed by atoms with Gasteiger partial charge in [0.25, 0.3) is 0 Å². The van der Waals surface area contributed by atoms with Crippen LogP contribution >= 0.6 is 0 Å². The van der Waals surface area contributed by atoms with Crippen LogP contribution in [0.5, 0.6) is 0 Å². The second kappa shape index (κ2) is 6.67. The van der Waals surface area contributed by atoms with Gasteiger partial charge in [-0.3, -0.25) is 4.98 Å². The molecule has 7 heteroatoms. The van der Waals surface area contributed by atoms with E-state index >= 15 is 0 Å². The lowest BCUT2D eigenvalue weighted by Gasteiger charge is -2.14. The van der Waals surface area contributed by atoms with Gasteiger partial charge in [0.1, 0.15) is 4.90 Å². The molecule has 0 amide bonds. The Labute approximate surface area is 108 Å². The molecule has 0 aliphatic rings. The Balaban J connectivity index is 2.90. The first-order valence-electron chi connectivity index (χ1n) is 5.71. The standard InChI is InChI=1S/C11H19N3O3S/c1-4-13-10-5-6-12-8-11(10)18(15,16)14-7-9(2)17-3/h5-6,8-9,14H,4,7H2,1-3H3,(H,12,13). The lowest BCUT2D eigenvalue weighted by molar-refractivity contribution is 0.122. The van der Waals surface area contributed by atoms with Crippen molar-refractivity contribution in [1.82, 2.24) is 9.71 Å². The first-order valence-corrected chi connectivity index (χ1v) is 7.20. The van der Waals surface area contributed by atoms with Crippen LogP contribution in [0, 0.1) is 0 Å². The molecule has 1 rings (SSSR count). The average Bonchev–Trinajstić information content (AvgIpc) is 2.37. The molecule has 18 heavy (non-hydrogen) atoms. The van der Waals surface area contributed by atoms with Crippen molar-refractivity contribution in [2.75, 3.05) is 25.5 Å². The van der Waals surface area contributed by atoms with Gasteiger partial charge < -0.3 is 10.1 Å². The second-order valence-corrected chi connectivity index (χ2v) is 5.54. The van der Waals surface area contributed by atoms with E-state index < -0.39 is 10.0 Å². The fraction of sp³-hybridized carbons (Fsp3) is 0.545. The number of anilines is 1. The Morgan fingerprint density at radius 2 is 2.22 bits per heavy atom. The van der Waals surface area contributed by atoms with Crippen LogP contribution in [0.2, 0.25) is 0 Å². The molecule has 6 nitrogen and oxygen atoms in total. The van der Waals surface area contributed by atoms with Gasteiger partial charge in [0, 0.05) is 32.6 Å². The van der Waals surface area contributed by atoms with Gasteiger partial charge in [0.05, 0.1) is 11.8 Å². The van der Waals surface area contributed by atoms with Gasteiger partial charge in [-0.1, -0.05) is 0 Å². The molecule has 0 fully saturated rings. The molecule has 1 heterocycles. The highest BCUT2D eigenvalue weighted by atomic mass is 32.2. The predicted octanol–water partition coefficient (Wildman–Crippen LogP) is 0.827. The van der Waals surface area contributed by atoms with Crippen LogP contribution in [0.25, 0.3) is 0 Å². The van der Waals surface area contributed by atoms with Gasteiger partial charge >= 0.3 is 0 Å². The minimum Gasteiger partial charge on any atom is -0.384 e. The van der Waals surface area contributed by atoms with E-state index in [0.717, 1.165) is 0 Å². The zero-order valence-corrected chi connectivity index (χ0v) is 11.6. The van der Waals surface area contributed by atoms with E-state index in [4.69, 9.17) is 4.74 Å². The first kappa shape index (κ1) is 14.9. The minimum atomic E-state index is -3.57. The molecule has 0 saturated heterocycles. The van der Waals surface area contributed by atoms with E-state index in [0.29, 0.717) is 12.2 Å². The summed E-state index contributed by atoms with van der Waals surface area (Å²) >= 11 is 0. The van der Waals surface area contributed by atoms with Crippen molar-refractivity contribution < 1.29 is 13.2 Å². The SMILES string of the molecule is CCNc1ccncc1S(=O)(=O)NCC(C)OC. The van der Waals surface area contributed by atoms with Crippen LogP contribution in [0.4, 0.5) is 5.69 Å². The van der Waals surface area contributed by atoms with Crippen molar-refractivity contribution in [1.29, 1.82) is 0 Å². The second-order valence-electron chi connectivity index (χ2n) is 3.80. The third-order valence-corrected chi connectivity index (χ3v) is 3.86. The molecule has 1 atom stereocenters. The predicted molar refractivity (Wildman–Crippen MR) is 70.1 cm³/mol. The maximum atomic E-state index is 12.1. The van der Waals surface area contributed by atoms with Crippen LogP contribution < -0.4 is 10.0 Å². The normalized spacial score (nSPS) is 13.3. The Morgan fingerprint density at radius 3 is 2.83 bits per heavy atom. The van der Waals surface area contributed by atoms with Crippen LogP contribution in [0.3, 0.4) is 0 Å². The molecule has 0 aliphatic heterocycles. The molecule has 1 aromatic rings. The van der Waals surface area contributed by atoms with E-state index in [2.05, 4.69) is 15.0 Å². The maximum Gasteiger partial charge on any atom is 0.244 e. The van der Waals surface area contributed by atoms with Crippen LogP contribution in [0.15, 0.2) is 23.4 Å². The van der Waals surface area contributed by atoms with Crippen LogP contribution in [-0.4, -0.2) is 39.7 Å². The fourth-order valence-corrected chi connectivity index (χ4v) is 2.56. The highest BCUT2D eigenvalue weighted by Gasteiger charge is 2.19. The zero-order valence-electron chi connectivity index (χ0n) is 10.8. The largest absolute Gasteiger partial charge is 0.384 e. The Morgan fingerprint density at radius 1 is 1.50 bits per heavy atom. The highest BCUT2D eigenvalue weighted by Crippen LogP contribution is 2.18. The Bertz CT molecular complexity index is 476. The molecule has 102 valence electrons. The number of nitrogens with zero attached hydrogens (tertiary/aromatic N) is 1. The molecule has 2 N–H and O–H groups in total. The van der Waals surface area contributed by atoms with E-state index in [1.54, 1.807) is 19.2 Å². The summed E-state index contributed by atoms with van der Waals surface area (Å²) in [5.41, 5.74) is 0.546. The number of hydrogen-bond donors (Lipinski definition) is 2. The molecule has 0 aliphatic carbocycles. The summed E-state index contributed by atoms with van der Waals surface area (Å²) in [5.74, 6) is 0. The average molecular weight is 273 g/mol. The van der Waals surface area contributed by atoms with Crippen molar-refractivity contribution >= 4 is 15.7 Å². The van der Waals surface area contributed by atoms with E-state index in [1.807, 2.05) is 6.92 Å². The number of methoxy groups -OCH3 is 1. The van der Waals surface area contributed by atoms with Crippen LogP contribution in [-0.2, 0) is 14.8 Å². The third kappa shape index (κ3) is 3.94. The van der Waals surface area contributed by atoms with Gasteiger partial charge in [0.15, 0.2) is 0 Å². The van der Waals surface area contributed by atoms with E-state index in [1.165, 1.54) is 13.3 Å². The number of nitrogens with one attached hydrogen (secondary N) is 2. The molecule has 0 bridgehead atoms. The van der Waals surface area contributed by atoms with Crippen molar-refractivity contribution in [2.24, 2.45) is 0 Å². The molecule has 1 aromatic heterocycles. The minimum absolute atomic E-state index is 0.148. The van der Waals surface area contributed by atoms with E-state index in [-0.39, 0.29) is 17.5 Å². The number of sulfonamides is 1. The Kier molecular flexibility index (Phi) is 5.52. The topological polar surface area (TPSA) is 80.3 Å². The number of ether oxygens (including phenoxy) is 1. The molecular formula is C11H19N3O3S. The smallest absolute Gasteiger partial charge is 0.244 e. The van der Waals surface area contributed by atoms with Crippen molar-refractivity contribution in [2.45, 2.75) is 24.8 Å². The molecule has 0 spiro atoms. The molecule has 1 unspecified atom stereocenters. The van der Waals surface area contributed by atoms with E-state index in [9.17, 15) is 8.42 Å². The van der Waals surface area contributed by atoms with Crippen LogP contribution in [0.1, 0.15) is 13.8 Å². The van der Waals surface area contributed by atoms with Gasteiger partial charge in [0.2, 0.25) is 10.0 Å². The number of pyridine rings is 1. The molecule has 0 aromatic carbocycles. The van der Waals surface area contributed by atoms with Crippen molar-refractivity contribution in [3.63, 3.8) is 0 Å². The monoisotopic (exact) mass is 273 g/mol. The Hall–Kier alpha value is -1.18. The lowest BCUT2D eigenvalue weighted by Crippen LogP contribution is -2.32. The summed E-state index contributed by atoms with van der Waals surface area (Å²) in [7, 11) is -2.04. The number of hydrogen-bond acceptors (Lipinski definition) is 5. The summed E-state index contributed by atoms with van der Waals surface area (Å²) in [6.07, 6.45) is 2.70. The summed E-state index contributed by atoms with van der Waals surface area (Å²) < 4.78 is 31.7. The quantitative estimate of drug-likeness (QED) is 0.769. The van der Waals surface area contributed by atoms with Gasteiger partial charge in [-0.05, 0) is 19.9 Å². The molecular weight excluding hydrogens is 254 g/mol. The zero-order chi connectivity index (χ0) is 13.6. The van der Waals surface area contributed by atoms with Gasteiger partial charge in [-0.25, -0.2) is 13.1 Å². The van der Waals surface area contributed by atoms with Crippen molar-refractivity contribution in [3.8, 4) is 0 Å². The summed E-state index contributed by atoms with van der Waals surface area (Å²) in [4.78, 5) is 4.00. The van der Waals surface area contributed by atoms with Gasteiger partial charge in [-0.2, -0.15) is 0 Å². The highest BCUT2D eigenvalue weighted by molar-refractivity contribution is 7.89. The summed E-state index contributed by atoms with van der Waals surface area (Å²) in [5, 5.41) is 2.99. The first-order chi connectivity index (χ1) is 8.51.